The third kappa shape index (κ3) is 5.03. The van der Waals surface area contributed by atoms with Crippen LogP contribution in [-0.2, 0) is 17.6 Å². The molecule has 4 heterocycles. The van der Waals surface area contributed by atoms with Crippen molar-refractivity contribution in [2.75, 3.05) is 12.4 Å². The first-order valence-electron chi connectivity index (χ1n) is 11.2. The summed E-state index contributed by atoms with van der Waals surface area (Å²) in [5.74, 6) is 0.0146. The fourth-order valence-electron chi connectivity index (χ4n) is 3.97. The van der Waals surface area contributed by atoms with Crippen LogP contribution in [0, 0.1) is 0 Å². The summed E-state index contributed by atoms with van der Waals surface area (Å²) in [6.07, 6.45) is 5.44. The number of aryl methyl sites for hydroxylation is 1. The highest BCUT2D eigenvalue weighted by Gasteiger charge is 2.20. The number of thiophene rings is 1. The van der Waals surface area contributed by atoms with Gasteiger partial charge in [-0.1, -0.05) is 18.2 Å². The fraction of sp³-hybridized carbons (Fsp3) is 0.192. The van der Waals surface area contributed by atoms with E-state index in [1.807, 2.05) is 31.4 Å². The summed E-state index contributed by atoms with van der Waals surface area (Å²) in [7, 11) is 1.91. The average molecular weight is 488 g/mol. The van der Waals surface area contributed by atoms with E-state index in [0.29, 0.717) is 19.3 Å². The molecule has 0 aliphatic rings. The molecule has 0 saturated carbocycles. The van der Waals surface area contributed by atoms with E-state index in [2.05, 4.69) is 61.7 Å². The van der Waals surface area contributed by atoms with E-state index in [4.69, 9.17) is 4.98 Å². The van der Waals surface area contributed by atoms with Gasteiger partial charge in [-0.3, -0.25) is 4.79 Å². The van der Waals surface area contributed by atoms with Crippen molar-refractivity contribution in [1.29, 1.82) is 0 Å². The molecule has 8 heteroatoms. The molecule has 0 aliphatic heterocycles. The summed E-state index contributed by atoms with van der Waals surface area (Å²) in [5, 5.41) is 12.6. The third-order valence-electron chi connectivity index (χ3n) is 5.79. The number of aromatic nitrogens is 3. The predicted molar refractivity (Wildman–Crippen MR) is 140 cm³/mol. The minimum absolute atomic E-state index is 0.0146. The minimum atomic E-state index is -0.192. The number of thiazole rings is 1. The van der Waals surface area contributed by atoms with Crippen molar-refractivity contribution in [2.24, 2.45) is 0 Å². The molecule has 0 saturated heterocycles. The highest BCUT2D eigenvalue weighted by molar-refractivity contribution is 7.20. The molecule has 0 unspecified atom stereocenters. The maximum Gasteiger partial charge on any atom is 0.220 e. The Hall–Kier alpha value is -3.49. The number of nitrogens with zero attached hydrogens (tertiary/aromatic N) is 2. The number of carbonyl (C=O) groups excluding carboxylic acids is 1. The number of hydrogen-bond acceptors (Lipinski definition) is 6. The first kappa shape index (κ1) is 22.3. The lowest BCUT2D eigenvalue weighted by atomic mass is 10.0. The second kappa shape index (κ2) is 10.2. The fourth-order valence-corrected chi connectivity index (χ4v) is 5.65. The van der Waals surface area contributed by atoms with Gasteiger partial charge < -0.3 is 15.6 Å². The molecular formula is C26H25N5OS2. The van der Waals surface area contributed by atoms with Gasteiger partial charge in [0, 0.05) is 42.3 Å². The number of nitrogens with one attached hydrogen (secondary N) is 3. The van der Waals surface area contributed by atoms with Crippen molar-refractivity contribution >= 4 is 45.3 Å². The van der Waals surface area contributed by atoms with Crippen LogP contribution in [0.15, 0.2) is 71.7 Å². The van der Waals surface area contributed by atoms with Crippen LogP contribution in [0.5, 0.6) is 0 Å². The summed E-state index contributed by atoms with van der Waals surface area (Å²) in [6.45, 7) is 0. The number of anilines is 1. The van der Waals surface area contributed by atoms with Gasteiger partial charge >= 0.3 is 0 Å². The maximum atomic E-state index is 13.0. The van der Waals surface area contributed by atoms with Gasteiger partial charge in [-0.25, -0.2) is 9.97 Å². The van der Waals surface area contributed by atoms with Crippen LogP contribution in [-0.4, -0.2) is 27.9 Å². The van der Waals surface area contributed by atoms with E-state index in [1.54, 1.807) is 28.9 Å². The number of carbonyl (C=O) groups is 1. The number of pyridine rings is 1. The highest BCUT2D eigenvalue weighted by atomic mass is 32.1. The minimum Gasteiger partial charge on any atom is -0.388 e. The monoisotopic (exact) mass is 487 g/mol. The molecule has 0 fully saturated rings. The zero-order chi connectivity index (χ0) is 23.3. The molecule has 34 heavy (non-hydrogen) atoms. The molecule has 5 aromatic rings. The first-order valence-corrected chi connectivity index (χ1v) is 12.9. The Morgan fingerprint density at radius 2 is 2.00 bits per heavy atom. The average Bonchev–Trinajstić information content (AvgIpc) is 3.63. The zero-order valence-electron chi connectivity index (χ0n) is 18.7. The van der Waals surface area contributed by atoms with Crippen LogP contribution in [0.2, 0.25) is 0 Å². The number of aromatic amines is 1. The number of benzene rings is 1. The SMILES string of the molecule is CNc1ccc(C[C@H](NC(=O)CCc2c[nH]c3ncccc23)c2csc(-c3cccs3)n2)cc1. The Morgan fingerprint density at radius 1 is 1.12 bits per heavy atom. The molecule has 1 aromatic carbocycles. The van der Waals surface area contributed by atoms with E-state index in [1.165, 1.54) is 0 Å². The summed E-state index contributed by atoms with van der Waals surface area (Å²) < 4.78 is 0. The van der Waals surface area contributed by atoms with Crippen LogP contribution in [0.25, 0.3) is 20.9 Å². The topological polar surface area (TPSA) is 82.7 Å². The lowest BCUT2D eigenvalue weighted by Crippen LogP contribution is -2.30. The van der Waals surface area contributed by atoms with Gasteiger partial charge in [0.1, 0.15) is 10.7 Å². The molecule has 3 N–H and O–H groups in total. The molecular weight excluding hydrogens is 462 g/mol. The summed E-state index contributed by atoms with van der Waals surface area (Å²) in [5.41, 5.74) is 5.06. The normalized spacial score (nSPS) is 12.0. The third-order valence-corrected chi connectivity index (χ3v) is 7.69. The van der Waals surface area contributed by atoms with Crippen molar-refractivity contribution in [2.45, 2.75) is 25.3 Å². The summed E-state index contributed by atoms with van der Waals surface area (Å²) >= 11 is 3.30. The lowest BCUT2D eigenvalue weighted by Gasteiger charge is -2.17. The number of H-pyrrole nitrogens is 1. The van der Waals surface area contributed by atoms with Crippen LogP contribution >= 0.6 is 22.7 Å². The maximum absolute atomic E-state index is 13.0. The van der Waals surface area contributed by atoms with Crippen LogP contribution in [0.3, 0.4) is 0 Å². The van der Waals surface area contributed by atoms with Gasteiger partial charge in [-0.2, -0.15) is 0 Å². The molecule has 0 aliphatic carbocycles. The Morgan fingerprint density at radius 3 is 2.79 bits per heavy atom. The molecule has 1 atom stereocenters. The van der Waals surface area contributed by atoms with Gasteiger partial charge in [0.25, 0.3) is 0 Å². The molecule has 5 rings (SSSR count). The van der Waals surface area contributed by atoms with Gasteiger partial charge in [0.05, 0.1) is 16.6 Å². The molecule has 0 bridgehead atoms. The Kier molecular flexibility index (Phi) is 6.69. The molecule has 0 radical (unpaired) electrons. The Bertz CT molecular complexity index is 1370. The van der Waals surface area contributed by atoms with Crippen LogP contribution in [0.4, 0.5) is 5.69 Å². The van der Waals surface area contributed by atoms with E-state index in [9.17, 15) is 4.79 Å². The van der Waals surface area contributed by atoms with Crippen LogP contribution in [0.1, 0.15) is 29.3 Å². The molecule has 172 valence electrons. The predicted octanol–water partition coefficient (Wildman–Crippen LogP) is 5.82. The largest absolute Gasteiger partial charge is 0.388 e. The lowest BCUT2D eigenvalue weighted by molar-refractivity contribution is -0.121. The van der Waals surface area contributed by atoms with Gasteiger partial charge in [-0.05, 0) is 59.7 Å². The second-order valence-electron chi connectivity index (χ2n) is 8.04. The Labute approximate surface area is 206 Å². The molecule has 6 nitrogen and oxygen atoms in total. The Balaban J connectivity index is 1.32. The quantitative estimate of drug-likeness (QED) is 0.245. The van der Waals surface area contributed by atoms with Gasteiger partial charge in [0.15, 0.2) is 0 Å². The van der Waals surface area contributed by atoms with Crippen molar-refractivity contribution in [3.63, 3.8) is 0 Å². The van der Waals surface area contributed by atoms with Crippen molar-refractivity contribution in [3.05, 3.63) is 88.5 Å². The standard InChI is InChI=1S/C26H25N5OS2/c1-27-19-9-6-17(7-10-19)14-21(22-16-34-26(31-22)23-5-3-13-33-23)30-24(32)11-8-18-15-29-25-20(18)4-2-12-28-25/h2-7,9-10,12-13,15-16,21,27H,8,11,14H2,1H3,(H,28,29)(H,30,32)/t21-/m0/s1. The van der Waals surface area contributed by atoms with Gasteiger partial charge in [-0.15, -0.1) is 22.7 Å². The highest BCUT2D eigenvalue weighted by Crippen LogP contribution is 2.31. The first-order chi connectivity index (χ1) is 16.7. The molecule has 1 amide bonds. The number of hydrogen-bond donors (Lipinski definition) is 3. The smallest absolute Gasteiger partial charge is 0.220 e. The summed E-state index contributed by atoms with van der Waals surface area (Å²) in [4.78, 5) is 26.6. The summed E-state index contributed by atoms with van der Waals surface area (Å²) in [6, 6.07) is 16.2. The number of fused-ring (bicyclic) bond motifs is 1. The number of rotatable bonds is 9. The van der Waals surface area contributed by atoms with Crippen molar-refractivity contribution in [1.82, 2.24) is 20.3 Å². The van der Waals surface area contributed by atoms with Crippen LogP contribution < -0.4 is 10.6 Å². The van der Waals surface area contributed by atoms with E-state index < -0.39 is 0 Å². The van der Waals surface area contributed by atoms with E-state index >= 15 is 0 Å². The van der Waals surface area contributed by atoms with Crippen molar-refractivity contribution < 1.29 is 4.79 Å². The van der Waals surface area contributed by atoms with Crippen molar-refractivity contribution in [3.8, 4) is 9.88 Å². The molecule has 4 aromatic heterocycles. The zero-order valence-corrected chi connectivity index (χ0v) is 20.4. The van der Waals surface area contributed by atoms with Gasteiger partial charge in [0.2, 0.25) is 5.91 Å². The van der Waals surface area contributed by atoms with E-state index in [0.717, 1.165) is 43.4 Å². The number of amides is 1. The molecule has 0 spiro atoms. The second-order valence-corrected chi connectivity index (χ2v) is 9.85. The van der Waals surface area contributed by atoms with E-state index in [-0.39, 0.29) is 11.9 Å².